The number of rotatable bonds is 6. The van der Waals surface area contributed by atoms with Gasteiger partial charge in [0.05, 0.1) is 13.2 Å². The van der Waals surface area contributed by atoms with Crippen molar-refractivity contribution in [1.29, 1.82) is 0 Å². The van der Waals surface area contributed by atoms with E-state index < -0.39 is 0 Å². The monoisotopic (exact) mass is 313 g/mol. The minimum Gasteiger partial charge on any atom is -0.493 e. The Kier molecular flexibility index (Phi) is 5.42. The van der Waals surface area contributed by atoms with Gasteiger partial charge < -0.3 is 14.8 Å². The van der Waals surface area contributed by atoms with Crippen LogP contribution in [0.25, 0.3) is 0 Å². The molecule has 1 N–H and O–H groups in total. The molecule has 1 aromatic heterocycles. The van der Waals surface area contributed by atoms with E-state index in [0.717, 1.165) is 55.5 Å². The maximum absolute atomic E-state index is 6.04. The van der Waals surface area contributed by atoms with Crippen molar-refractivity contribution in [3.63, 3.8) is 0 Å². The summed E-state index contributed by atoms with van der Waals surface area (Å²) in [6, 6.07) is 8.00. The second kappa shape index (κ2) is 7.92. The molecule has 0 radical (unpaired) electrons. The minimum absolute atomic E-state index is 0.595. The van der Waals surface area contributed by atoms with E-state index in [1.54, 1.807) is 12.4 Å². The van der Waals surface area contributed by atoms with Gasteiger partial charge in [-0.25, -0.2) is 9.97 Å². The van der Waals surface area contributed by atoms with Crippen molar-refractivity contribution in [3.8, 4) is 5.75 Å². The Bertz CT molecular complexity index is 613. The van der Waals surface area contributed by atoms with E-state index in [9.17, 15) is 0 Å². The summed E-state index contributed by atoms with van der Waals surface area (Å²) in [5.41, 5.74) is 2.17. The predicted molar refractivity (Wildman–Crippen MR) is 89.6 cm³/mol. The highest BCUT2D eigenvalue weighted by molar-refractivity contribution is 5.51. The van der Waals surface area contributed by atoms with Crippen molar-refractivity contribution >= 4 is 5.69 Å². The van der Waals surface area contributed by atoms with Crippen molar-refractivity contribution in [2.24, 2.45) is 5.92 Å². The maximum atomic E-state index is 6.04. The molecule has 1 aliphatic rings. The first kappa shape index (κ1) is 15.7. The van der Waals surface area contributed by atoms with Gasteiger partial charge in [-0.05, 0) is 43.4 Å². The lowest BCUT2D eigenvalue weighted by Gasteiger charge is -2.22. The molecular formula is C18H23N3O2. The van der Waals surface area contributed by atoms with Gasteiger partial charge in [-0.3, -0.25) is 0 Å². The number of nitrogens with zero attached hydrogens (tertiary/aromatic N) is 2. The van der Waals surface area contributed by atoms with Crippen LogP contribution in [-0.2, 0) is 11.3 Å². The molecule has 0 amide bonds. The second-order valence-electron chi connectivity index (χ2n) is 5.87. The summed E-state index contributed by atoms with van der Waals surface area (Å²) in [4.78, 5) is 8.43. The van der Waals surface area contributed by atoms with Crippen LogP contribution in [0.1, 0.15) is 24.2 Å². The summed E-state index contributed by atoms with van der Waals surface area (Å²) < 4.78 is 11.4. The van der Waals surface area contributed by atoms with E-state index in [1.165, 1.54) is 0 Å². The molecule has 3 rings (SSSR count). The molecule has 0 spiro atoms. The van der Waals surface area contributed by atoms with E-state index in [2.05, 4.69) is 40.4 Å². The third kappa shape index (κ3) is 4.66. The Morgan fingerprint density at radius 1 is 1.22 bits per heavy atom. The summed E-state index contributed by atoms with van der Waals surface area (Å²) in [7, 11) is 0. The third-order valence-electron chi connectivity index (χ3n) is 4.07. The predicted octanol–water partition coefficient (Wildman–Crippen LogP) is 3.20. The summed E-state index contributed by atoms with van der Waals surface area (Å²) in [5.74, 6) is 2.31. The Balaban J connectivity index is 1.57. The van der Waals surface area contributed by atoms with Gasteiger partial charge in [0.2, 0.25) is 0 Å². The fourth-order valence-corrected chi connectivity index (χ4v) is 2.59. The zero-order valence-electron chi connectivity index (χ0n) is 13.5. The number of nitrogens with one attached hydrogen (secondary N) is 1. The summed E-state index contributed by atoms with van der Waals surface area (Å²) in [6.07, 6.45) is 5.67. The van der Waals surface area contributed by atoms with Crippen LogP contribution in [0, 0.1) is 12.8 Å². The lowest BCUT2D eigenvalue weighted by atomic mass is 10.0. The number of aryl methyl sites for hydroxylation is 1. The summed E-state index contributed by atoms with van der Waals surface area (Å²) >= 11 is 0. The number of aromatic nitrogens is 2. The fourth-order valence-electron chi connectivity index (χ4n) is 2.59. The first-order valence-electron chi connectivity index (χ1n) is 8.12. The molecule has 2 heterocycles. The molecule has 0 atom stereocenters. The maximum Gasteiger partial charge on any atom is 0.147 e. The molecule has 0 unspecified atom stereocenters. The molecular weight excluding hydrogens is 290 g/mol. The highest BCUT2D eigenvalue weighted by Gasteiger charge is 2.15. The summed E-state index contributed by atoms with van der Waals surface area (Å²) in [6.45, 7) is 5.14. The molecule has 2 aromatic rings. The summed E-state index contributed by atoms with van der Waals surface area (Å²) in [5, 5.41) is 3.34. The molecule has 1 aliphatic heterocycles. The van der Waals surface area contributed by atoms with Gasteiger partial charge in [0.1, 0.15) is 11.6 Å². The molecule has 5 heteroatoms. The van der Waals surface area contributed by atoms with Gasteiger partial charge in [-0.15, -0.1) is 0 Å². The topological polar surface area (TPSA) is 56.3 Å². The average Bonchev–Trinajstić information content (AvgIpc) is 2.62. The van der Waals surface area contributed by atoms with Crippen molar-refractivity contribution in [1.82, 2.24) is 9.97 Å². The van der Waals surface area contributed by atoms with Gasteiger partial charge in [-0.1, -0.05) is 6.07 Å². The Labute approximate surface area is 137 Å². The Hall–Kier alpha value is -2.14. The van der Waals surface area contributed by atoms with Crippen molar-refractivity contribution < 1.29 is 9.47 Å². The molecule has 0 saturated carbocycles. The Morgan fingerprint density at radius 3 is 2.78 bits per heavy atom. The molecule has 1 aromatic carbocycles. The van der Waals surface area contributed by atoms with Crippen molar-refractivity contribution in [2.45, 2.75) is 26.3 Å². The zero-order chi connectivity index (χ0) is 15.9. The number of anilines is 1. The largest absolute Gasteiger partial charge is 0.493 e. The zero-order valence-corrected chi connectivity index (χ0v) is 13.5. The van der Waals surface area contributed by atoms with E-state index in [0.29, 0.717) is 12.5 Å². The third-order valence-corrected chi connectivity index (χ3v) is 4.07. The minimum atomic E-state index is 0.595. The van der Waals surface area contributed by atoms with Crippen LogP contribution in [0.15, 0.2) is 36.7 Å². The molecule has 23 heavy (non-hydrogen) atoms. The van der Waals surface area contributed by atoms with E-state index in [-0.39, 0.29) is 0 Å². The lowest BCUT2D eigenvalue weighted by molar-refractivity contribution is 0.0496. The SMILES string of the molecule is Cc1ccc(NCc2ncccn2)cc1OCC1CCOCC1. The molecule has 1 saturated heterocycles. The van der Waals surface area contributed by atoms with Crippen LogP contribution in [-0.4, -0.2) is 29.8 Å². The fraction of sp³-hybridized carbons (Fsp3) is 0.444. The van der Waals surface area contributed by atoms with Gasteiger partial charge in [-0.2, -0.15) is 0 Å². The van der Waals surface area contributed by atoms with Gasteiger partial charge in [0.25, 0.3) is 0 Å². The second-order valence-corrected chi connectivity index (χ2v) is 5.87. The van der Waals surface area contributed by atoms with Gasteiger partial charge in [0, 0.05) is 37.4 Å². The average molecular weight is 313 g/mol. The Morgan fingerprint density at radius 2 is 2.00 bits per heavy atom. The molecule has 122 valence electrons. The highest BCUT2D eigenvalue weighted by atomic mass is 16.5. The highest BCUT2D eigenvalue weighted by Crippen LogP contribution is 2.25. The molecule has 0 aliphatic carbocycles. The molecule has 1 fully saturated rings. The van der Waals surface area contributed by atoms with Crippen molar-refractivity contribution in [3.05, 3.63) is 48.0 Å². The van der Waals surface area contributed by atoms with Crippen LogP contribution in [0.5, 0.6) is 5.75 Å². The van der Waals surface area contributed by atoms with Gasteiger partial charge >= 0.3 is 0 Å². The standard InChI is InChI=1S/C18H23N3O2/c1-14-3-4-16(21-12-18-19-7-2-8-20-18)11-17(14)23-13-15-5-9-22-10-6-15/h2-4,7-8,11,15,21H,5-6,9-10,12-13H2,1H3. The normalized spacial score (nSPS) is 15.3. The van der Waals surface area contributed by atoms with Crippen molar-refractivity contribution in [2.75, 3.05) is 25.1 Å². The number of hydrogen-bond acceptors (Lipinski definition) is 5. The van der Waals surface area contributed by atoms with E-state index in [4.69, 9.17) is 9.47 Å². The van der Waals surface area contributed by atoms with E-state index >= 15 is 0 Å². The van der Waals surface area contributed by atoms with Crippen LogP contribution in [0.4, 0.5) is 5.69 Å². The smallest absolute Gasteiger partial charge is 0.147 e. The molecule has 0 bridgehead atoms. The van der Waals surface area contributed by atoms with Crippen LogP contribution in [0.2, 0.25) is 0 Å². The van der Waals surface area contributed by atoms with Crippen LogP contribution in [0.3, 0.4) is 0 Å². The van der Waals surface area contributed by atoms with Gasteiger partial charge in [0.15, 0.2) is 0 Å². The van der Waals surface area contributed by atoms with Crippen LogP contribution < -0.4 is 10.1 Å². The first-order valence-corrected chi connectivity index (χ1v) is 8.12. The first-order chi connectivity index (χ1) is 11.3. The number of hydrogen-bond donors (Lipinski definition) is 1. The lowest BCUT2D eigenvalue weighted by Crippen LogP contribution is -2.21. The van der Waals surface area contributed by atoms with E-state index in [1.807, 2.05) is 6.07 Å². The quantitative estimate of drug-likeness (QED) is 0.887. The number of benzene rings is 1. The molecule has 5 nitrogen and oxygen atoms in total. The van der Waals surface area contributed by atoms with Crippen LogP contribution >= 0.6 is 0 Å². The number of ether oxygens (including phenoxy) is 2.